The summed E-state index contributed by atoms with van der Waals surface area (Å²) >= 11 is 0. The normalized spacial score (nSPS) is 9.94. The summed E-state index contributed by atoms with van der Waals surface area (Å²) in [7, 11) is 0. The lowest BCUT2D eigenvalue weighted by Gasteiger charge is -1.98. The molecule has 0 fully saturated rings. The van der Waals surface area contributed by atoms with E-state index in [-0.39, 0.29) is 0 Å². The Kier molecular flexibility index (Phi) is 3.37. The second kappa shape index (κ2) is 5.14. The molecule has 6 heteroatoms. The maximum absolute atomic E-state index is 8.37. The first-order valence-corrected chi connectivity index (χ1v) is 5.32. The Morgan fingerprint density at radius 2 is 2.41 bits per heavy atom. The van der Waals surface area contributed by atoms with Crippen LogP contribution in [0.2, 0.25) is 0 Å². The van der Waals surface area contributed by atoms with Crippen LogP contribution >= 0.6 is 0 Å². The van der Waals surface area contributed by atoms with Gasteiger partial charge in [-0.05, 0) is 24.6 Å². The Hall–Kier alpha value is -2.33. The zero-order chi connectivity index (χ0) is 12.1. The third-order valence-corrected chi connectivity index (χ3v) is 2.40. The summed E-state index contributed by atoms with van der Waals surface area (Å²) in [6.45, 7) is 3.10. The highest BCUT2D eigenvalue weighted by molar-refractivity contribution is 5.61. The number of nitrogens with zero attached hydrogens (tertiary/aromatic N) is 6. The van der Waals surface area contributed by atoms with Crippen LogP contribution in [-0.2, 0) is 13.1 Å². The van der Waals surface area contributed by atoms with Gasteiger partial charge in [-0.25, -0.2) is 0 Å². The Bertz CT molecular complexity index is 538. The predicted molar refractivity (Wildman–Crippen MR) is 64.0 cm³/mol. The van der Waals surface area contributed by atoms with E-state index in [1.54, 1.807) is 12.4 Å². The highest BCUT2D eigenvalue weighted by Gasteiger charge is 2.09. The molecular weight excluding hydrogens is 216 g/mol. The fraction of sp³-hybridized carbons (Fsp3) is 0.273. The monoisotopic (exact) mass is 228 g/mol. The third-order valence-electron chi connectivity index (χ3n) is 2.40. The predicted octanol–water partition coefficient (Wildman–Crippen LogP) is 2.78. The van der Waals surface area contributed by atoms with Crippen LogP contribution in [0.5, 0.6) is 0 Å². The molecule has 17 heavy (non-hydrogen) atoms. The summed E-state index contributed by atoms with van der Waals surface area (Å²) in [5.74, 6) is 0. The third kappa shape index (κ3) is 2.43. The van der Waals surface area contributed by atoms with Crippen molar-refractivity contribution in [1.82, 2.24) is 14.8 Å². The Balaban J connectivity index is 2.44. The minimum Gasteiger partial charge on any atom is -0.272 e. The first kappa shape index (κ1) is 11.2. The zero-order valence-electron chi connectivity index (χ0n) is 9.48. The number of rotatable bonds is 4. The second-order valence-corrected chi connectivity index (χ2v) is 3.49. The van der Waals surface area contributed by atoms with Gasteiger partial charge in [0, 0.05) is 41.2 Å². The fourth-order valence-electron chi connectivity index (χ4n) is 1.59. The average Bonchev–Trinajstić information content (AvgIpc) is 2.80. The van der Waals surface area contributed by atoms with Gasteiger partial charge in [-0.15, -0.1) is 0 Å². The fourth-order valence-corrected chi connectivity index (χ4v) is 1.59. The van der Waals surface area contributed by atoms with Gasteiger partial charge in [-0.2, -0.15) is 5.10 Å². The molecule has 0 aliphatic carbocycles. The van der Waals surface area contributed by atoms with Crippen LogP contribution in [0.1, 0.15) is 12.5 Å². The lowest BCUT2D eigenvalue weighted by Crippen LogP contribution is -1.93. The lowest BCUT2D eigenvalue weighted by molar-refractivity contribution is 0.661. The smallest absolute Gasteiger partial charge is 0.0971 e. The number of pyridine rings is 1. The van der Waals surface area contributed by atoms with Crippen LogP contribution in [0.4, 0.5) is 0 Å². The molecule has 0 atom stereocenters. The first-order chi connectivity index (χ1) is 8.35. The van der Waals surface area contributed by atoms with E-state index in [0.29, 0.717) is 6.54 Å². The Morgan fingerprint density at radius 1 is 1.53 bits per heavy atom. The summed E-state index contributed by atoms with van der Waals surface area (Å²) < 4.78 is 1.82. The van der Waals surface area contributed by atoms with Crippen LogP contribution in [-0.4, -0.2) is 14.8 Å². The van der Waals surface area contributed by atoms with Crippen molar-refractivity contribution < 1.29 is 0 Å². The van der Waals surface area contributed by atoms with Gasteiger partial charge in [-0.1, -0.05) is 5.11 Å². The van der Waals surface area contributed by atoms with Crippen LogP contribution < -0.4 is 0 Å². The van der Waals surface area contributed by atoms with E-state index in [2.05, 4.69) is 20.1 Å². The van der Waals surface area contributed by atoms with E-state index in [0.717, 1.165) is 23.4 Å². The van der Waals surface area contributed by atoms with Crippen molar-refractivity contribution in [3.8, 4) is 11.3 Å². The van der Waals surface area contributed by atoms with E-state index >= 15 is 0 Å². The van der Waals surface area contributed by atoms with Crippen molar-refractivity contribution in [2.45, 2.75) is 20.0 Å². The molecule has 0 saturated carbocycles. The quantitative estimate of drug-likeness (QED) is 0.458. The molecule has 0 saturated heterocycles. The molecule has 0 aliphatic rings. The molecule has 0 amide bonds. The molecule has 0 unspecified atom stereocenters. The number of aromatic nitrogens is 3. The van der Waals surface area contributed by atoms with Crippen LogP contribution in [0.3, 0.4) is 0 Å². The molecule has 6 nitrogen and oxygen atoms in total. The molecule has 0 bridgehead atoms. The lowest BCUT2D eigenvalue weighted by atomic mass is 10.1. The minimum atomic E-state index is 0.306. The van der Waals surface area contributed by atoms with Gasteiger partial charge in [0.2, 0.25) is 0 Å². The molecule has 2 heterocycles. The molecule has 0 aliphatic heterocycles. The number of aryl methyl sites for hydroxylation is 1. The summed E-state index contributed by atoms with van der Waals surface area (Å²) in [4.78, 5) is 6.84. The van der Waals surface area contributed by atoms with Crippen LogP contribution in [0.25, 0.3) is 21.7 Å². The SMILES string of the molecule is CCn1cc(CN=[N+]=[N-])c(-c2cccnc2)n1. The van der Waals surface area contributed by atoms with Crippen LogP contribution in [0.15, 0.2) is 35.8 Å². The van der Waals surface area contributed by atoms with Crippen molar-refractivity contribution in [3.63, 3.8) is 0 Å². The highest BCUT2D eigenvalue weighted by Crippen LogP contribution is 2.21. The van der Waals surface area contributed by atoms with E-state index in [9.17, 15) is 0 Å². The molecule has 2 aromatic rings. The molecule has 0 spiro atoms. The molecule has 0 N–H and O–H groups in total. The van der Waals surface area contributed by atoms with Gasteiger partial charge in [0.15, 0.2) is 0 Å². The standard InChI is InChI=1S/C11H12N6/c1-2-17-8-10(7-14-16-12)11(15-17)9-4-3-5-13-6-9/h3-6,8H,2,7H2,1H3. The summed E-state index contributed by atoms with van der Waals surface area (Å²) in [5, 5.41) is 8.03. The van der Waals surface area contributed by atoms with Gasteiger partial charge in [-0.3, -0.25) is 9.67 Å². The van der Waals surface area contributed by atoms with Gasteiger partial charge in [0.1, 0.15) is 0 Å². The van der Waals surface area contributed by atoms with Gasteiger partial charge in [0.25, 0.3) is 0 Å². The van der Waals surface area contributed by atoms with Gasteiger partial charge >= 0.3 is 0 Å². The average molecular weight is 228 g/mol. The number of hydrogen-bond donors (Lipinski definition) is 0. The van der Waals surface area contributed by atoms with Crippen molar-refractivity contribution in [1.29, 1.82) is 0 Å². The zero-order valence-corrected chi connectivity index (χ0v) is 9.48. The summed E-state index contributed by atoms with van der Waals surface area (Å²) in [6.07, 6.45) is 5.37. The van der Waals surface area contributed by atoms with Gasteiger partial charge < -0.3 is 0 Å². The highest BCUT2D eigenvalue weighted by atomic mass is 15.3. The Labute approximate surface area is 98.5 Å². The molecule has 86 valence electrons. The molecule has 0 radical (unpaired) electrons. The van der Waals surface area contributed by atoms with Crippen molar-refractivity contribution >= 4 is 0 Å². The van der Waals surface area contributed by atoms with Crippen molar-refractivity contribution in [2.24, 2.45) is 5.11 Å². The topological polar surface area (TPSA) is 79.5 Å². The van der Waals surface area contributed by atoms with E-state index < -0.39 is 0 Å². The maximum atomic E-state index is 8.37. The largest absolute Gasteiger partial charge is 0.272 e. The van der Waals surface area contributed by atoms with E-state index in [1.807, 2.05) is 29.9 Å². The van der Waals surface area contributed by atoms with E-state index in [4.69, 9.17) is 5.53 Å². The summed E-state index contributed by atoms with van der Waals surface area (Å²) in [6, 6.07) is 3.80. The minimum absolute atomic E-state index is 0.306. The Morgan fingerprint density at radius 3 is 3.06 bits per heavy atom. The molecule has 0 aromatic carbocycles. The number of hydrogen-bond acceptors (Lipinski definition) is 3. The maximum Gasteiger partial charge on any atom is 0.0971 e. The molecule has 2 rings (SSSR count). The summed E-state index contributed by atoms with van der Waals surface area (Å²) in [5.41, 5.74) is 11.0. The van der Waals surface area contributed by atoms with Gasteiger partial charge in [0.05, 0.1) is 12.2 Å². The first-order valence-electron chi connectivity index (χ1n) is 5.32. The van der Waals surface area contributed by atoms with Crippen molar-refractivity contribution in [2.75, 3.05) is 0 Å². The molecule has 2 aromatic heterocycles. The molecular formula is C11H12N6. The second-order valence-electron chi connectivity index (χ2n) is 3.49. The van der Waals surface area contributed by atoms with Crippen molar-refractivity contribution in [3.05, 3.63) is 46.7 Å². The van der Waals surface area contributed by atoms with E-state index in [1.165, 1.54) is 0 Å². The number of azide groups is 1. The van der Waals surface area contributed by atoms with Crippen LogP contribution in [0, 0.1) is 0 Å².